The van der Waals surface area contributed by atoms with Crippen LogP contribution in [0.2, 0.25) is 0 Å². The Kier molecular flexibility index (Phi) is 4.40. The molecule has 0 heterocycles. The summed E-state index contributed by atoms with van der Waals surface area (Å²) in [6.07, 6.45) is 0. The fourth-order valence-electron chi connectivity index (χ4n) is 1.38. The van der Waals surface area contributed by atoms with Gasteiger partial charge in [0.2, 0.25) is 0 Å². The van der Waals surface area contributed by atoms with Crippen LogP contribution in [-0.4, -0.2) is 10.2 Å². The van der Waals surface area contributed by atoms with Crippen LogP contribution in [0.1, 0.15) is 13.8 Å². The molecule has 84 valence electrons. The molecule has 2 nitrogen and oxygen atoms in total. The smallest absolute Gasteiger partial charge is 0.127 e. The van der Waals surface area contributed by atoms with Gasteiger partial charge in [-0.2, -0.15) is 0 Å². The highest BCUT2D eigenvalue weighted by Crippen LogP contribution is 2.31. The second-order valence-electron chi connectivity index (χ2n) is 3.07. The first-order valence-corrected chi connectivity index (χ1v) is 5.35. The highest BCUT2D eigenvalue weighted by atomic mass is 16.3. The number of benzene rings is 2. The van der Waals surface area contributed by atoms with Crippen LogP contribution >= 0.6 is 0 Å². The minimum Gasteiger partial charge on any atom is -0.508 e. The van der Waals surface area contributed by atoms with Crippen molar-refractivity contribution in [3.05, 3.63) is 48.5 Å². The minimum absolute atomic E-state index is 0.0715. The normalized spacial score (nSPS) is 9.12. The van der Waals surface area contributed by atoms with Crippen LogP contribution in [0, 0.1) is 0 Å². The van der Waals surface area contributed by atoms with Crippen LogP contribution < -0.4 is 0 Å². The predicted molar refractivity (Wildman–Crippen MR) is 66.6 cm³/mol. The fourth-order valence-corrected chi connectivity index (χ4v) is 1.38. The summed E-state index contributed by atoms with van der Waals surface area (Å²) in [5, 5.41) is 18.7. The largest absolute Gasteiger partial charge is 0.508 e. The molecule has 0 bridgehead atoms. The van der Waals surface area contributed by atoms with Crippen molar-refractivity contribution in [2.75, 3.05) is 0 Å². The lowest BCUT2D eigenvalue weighted by atomic mass is 10.0. The Morgan fingerprint density at radius 2 is 1.44 bits per heavy atom. The molecule has 2 rings (SSSR count). The highest BCUT2D eigenvalue weighted by molar-refractivity contribution is 5.70. The molecule has 2 aromatic carbocycles. The van der Waals surface area contributed by atoms with E-state index in [1.54, 1.807) is 12.1 Å². The molecule has 0 atom stereocenters. The van der Waals surface area contributed by atoms with E-state index in [2.05, 4.69) is 0 Å². The van der Waals surface area contributed by atoms with Gasteiger partial charge in [0.05, 0.1) is 0 Å². The molecule has 0 saturated carbocycles. The van der Waals surface area contributed by atoms with Crippen LogP contribution in [0.25, 0.3) is 11.1 Å². The molecule has 0 saturated heterocycles. The lowest BCUT2D eigenvalue weighted by molar-refractivity contribution is 0.452. The van der Waals surface area contributed by atoms with Gasteiger partial charge in [0.1, 0.15) is 11.5 Å². The molecule has 0 unspecified atom stereocenters. The third kappa shape index (κ3) is 2.76. The molecule has 2 aromatic rings. The topological polar surface area (TPSA) is 40.5 Å². The number of rotatable bonds is 1. The first-order chi connectivity index (χ1) is 7.77. The molecule has 0 aliphatic heterocycles. The number of aromatic hydroxyl groups is 2. The van der Waals surface area contributed by atoms with Gasteiger partial charge in [-0.1, -0.05) is 44.2 Å². The highest BCUT2D eigenvalue weighted by Gasteiger charge is 2.03. The Balaban J connectivity index is 0.000000606. The first-order valence-electron chi connectivity index (χ1n) is 5.35. The third-order valence-electron chi connectivity index (χ3n) is 2.07. The average Bonchev–Trinajstić information content (AvgIpc) is 2.33. The van der Waals surface area contributed by atoms with Crippen LogP contribution in [0.5, 0.6) is 11.5 Å². The van der Waals surface area contributed by atoms with Gasteiger partial charge in [-0.15, -0.1) is 0 Å². The van der Waals surface area contributed by atoms with E-state index in [9.17, 15) is 5.11 Å². The number of phenols is 2. The van der Waals surface area contributed by atoms with Crippen LogP contribution in [-0.2, 0) is 0 Å². The molecule has 0 aromatic heterocycles. The predicted octanol–water partition coefficient (Wildman–Crippen LogP) is 3.79. The standard InChI is InChI=1S/C12H10O2.C2H6/c13-10-6-7-11(12(14)8-10)9-4-2-1-3-5-9;1-2/h1-8,13-14H;1-2H3. The zero-order valence-corrected chi connectivity index (χ0v) is 9.51. The summed E-state index contributed by atoms with van der Waals surface area (Å²) in [4.78, 5) is 0. The van der Waals surface area contributed by atoms with Crippen molar-refractivity contribution >= 4 is 0 Å². The van der Waals surface area contributed by atoms with E-state index in [1.165, 1.54) is 6.07 Å². The van der Waals surface area contributed by atoms with Crippen molar-refractivity contribution in [1.29, 1.82) is 0 Å². The summed E-state index contributed by atoms with van der Waals surface area (Å²) >= 11 is 0. The maximum atomic E-state index is 9.58. The minimum atomic E-state index is 0.0715. The number of hydrogen-bond acceptors (Lipinski definition) is 2. The molecule has 2 N–H and O–H groups in total. The summed E-state index contributed by atoms with van der Waals surface area (Å²) in [5.41, 5.74) is 1.66. The van der Waals surface area contributed by atoms with Crippen molar-refractivity contribution in [2.24, 2.45) is 0 Å². The quantitative estimate of drug-likeness (QED) is 0.761. The molecule has 2 heteroatoms. The molecule has 0 fully saturated rings. The van der Waals surface area contributed by atoms with Gasteiger partial charge in [-0.05, 0) is 17.7 Å². The molecule has 0 amide bonds. The SMILES string of the molecule is CC.Oc1ccc(-c2ccccc2)c(O)c1. The maximum absolute atomic E-state index is 9.58. The van der Waals surface area contributed by atoms with E-state index < -0.39 is 0 Å². The lowest BCUT2D eigenvalue weighted by Crippen LogP contribution is -1.77. The van der Waals surface area contributed by atoms with E-state index in [0.717, 1.165) is 11.1 Å². The van der Waals surface area contributed by atoms with Crippen molar-refractivity contribution in [1.82, 2.24) is 0 Å². The van der Waals surface area contributed by atoms with E-state index in [-0.39, 0.29) is 11.5 Å². The first kappa shape index (κ1) is 12.1. The summed E-state index contributed by atoms with van der Waals surface area (Å²) in [6.45, 7) is 4.00. The van der Waals surface area contributed by atoms with Gasteiger partial charge in [-0.25, -0.2) is 0 Å². The molecule has 0 aliphatic carbocycles. The molecular formula is C14H16O2. The maximum Gasteiger partial charge on any atom is 0.127 e. The van der Waals surface area contributed by atoms with E-state index in [0.29, 0.717) is 0 Å². The van der Waals surface area contributed by atoms with Gasteiger partial charge in [0.25, 0.3) is 0 Å². The van der Waals surface area contributed by atoms with Gasteiger partial charge in [0.15, 0.2) is 0 Å². The summed E-state index contributed by atoms with van der Waals surface area (Å²) in [7, 11) is 0. The second kappa shape index (κ2) is 5.81. The Morgan fingerprint density at radius 3 is 2.00 bits per heavy atom. The Morgan fingerprint density at radius 1 is 0.812 bits per heavy atom. The van der Waals surface area contributed by atoms with E-state index in [4.69, 9.17) is 5.11 Å². The van der Waals surface area contributed by atoms with Crippen LogP contribution in [0.4, 0.5) is 0 Å². The Bertz CT molecular complexity index is 436. The zero-order chi connectivity index (χ0) is 12.0. The van der Waals surface area contributed by atoms with Gasteiger partial charge in [-0.3, -0.25) is 0 Å². The van der Waals surface area contributed by atoms with Crippen molar-refractivity contribution in [3.8, 4) is 22.6 Å². The molecule has 0 aliphatic rings. The monoisotopic (exact) mass is 216 g/mol. The Hall–Kier alpha value is -1.96. The lowest BCUT2D eigenvalue weighted by Gasteiger charge is -2.04. The molecule has 0 radical (unpaired) electrons. The second-order valence-corrected chi connectivity index (χ2v) is 3.07. The third-order valence-corrected chi connectivity index (χ3v) is 2.07. The van der Waals surface area contributed by atoms with Crippen LogP contribution in [0.15, 0.2) is 48.5 Å². The summed E-state index contributed by atoms with van der Waals surface area (Å²) in [5.74, 6) is 0.165. The van der Waals surface area contributed by atoms with Crippen molar-refractivity contribution in [3.63, 3.8) is 0 Å². The molecule has 0 spiro atoms. The fraction of sp³-hybridized carbons (Fsp3) is 0.143. The van der Waals surface area contributed by atoms with Crippen LogP contribution in [0.3, 0.4) is 0 Å². The summed E-state index contributed by atoms with van der Waals surface area (Å²) in [6, 6.07) is 14.1. The Labute approximate surface area is 95.8 Å². The average molecular weight is 216 g/mol. The van der Waals surface area contributed by atoms with Gasteiger partial charge in [0, 0.05) is 11.6 Å². The van der Waals surface area contributed by atoms with Crippen molar-refractivity contribution in [2.45, 2.75) is 13.8 Å². The van der Waals surface area contributed by atoms with Crippen molar-refractivity contribution < 1.29 is 10.2 Å². The number of phenolic OH excluding ortho intramolecular Hbond substituents is 2. The van der Waals surface area contributed by atoms with E-state index >= 15 is 0 Å². The van der Waals surface area contributed by atoms with Gasteiger partial charge >= 0.3 is 0 Å². The summed E-state index contributed by atoms with van der Waals surface area (Å²) < 4.78 is 0. The number of hydrogen-bond donors (Lipinski definition) is 2. The van der Waals surface area contributed by atoms with Gasteiger partial charge < -0.3 is 10.2 Å². The zero-order valence-electron chi connectivity index (χ0n) is 9.51. The molecular weight excluding hydrogens is 200 g/mol. The van der Waals surface area contributed by atoms with E-state index in [1.807, 2.05) is 44.2 Å². The molecule has 16 heavy (non-hydrogen) atoms.